The molecule has 0 N–H and O–H groups in total. The predicted molar refractivity (Wildman–Crippen MR) is 118 cm³/mol. The Morgan fingerprint density at radius 1 is 0.462 bits per heavy atom. The number of hydrogen-bond acceptors (Lipinski definition) is 0. The Balaban J connectivity index is 0.000000188. The van der Waals surface area contributed by atoms with Crippen LogP contribution < -0.4 is 0 Å². The van der Waals surface area contributed by atoms with Crippen molar-refractivity contribution in [3.8, 4) is 0 Å². The van der Waals surface area contributed by atoms with Gasteiger partial charge in [-0.3, -0.25) is 0 Å². The smallest absolute Gasteiger partial charge is 0.0273 e. The van der Waals surface area contributed by atoms with Crippen LogP contribution in [0.1, 0.15) is 76.6 Å². The standard InChI is InChI=1S/2C9H10.2C4H10/c2*1-2-5-9-7-3-6-8(9)4-1;2*1-4(2)3/h2*1-2,4-5H,3,6-7H2;2*4H,1-3H3. The molecule has 0 atom stereocenters. The number of benzene rings is 2. The molecule has 0 unspecified atom stereocenters. The van der Waals surface area contributed by atoms with Crippen LogP contribution in [0.5, 0.6) is 0 Å². The Morgan fingerprint density at radius 2 is 0.654 bits per heavy atom. The molecule has 0 aliphatic heterocycles. The highest BCUT2D eigenvalue weighted by Crippen LogP contribution is 2.20. The van der Waals surface area contributed by atoms with Crippen LogP contribution in [0.3, 0.4) is 0 Å². The van der Waals surface area contributed by atoms with Crippen LogP contribution in [-0.4, -0.2) is 0 Å². The highest BCUT2D eigenvalue weighted by atomic mass is 14.1. The van der Waals surface area contributed by atoms with Crippen LogP contribution in [0.2, 0.25) is 0 Å². The van der Waals surface area contributed by atoms with Gasteiger partial charge in [-0.05, 0) is 72.6 Å². The average Bonchev–Trinajstić information content (AvgIpc) is 3.23. The minimum Gasteiger partial charge on any atom is -0.0630 e. The topological polar surface area (TPSA) is 0 Å². The van der Waals surface area contributed by atoms with E-state index in [0.717, 1.165) is 11.8 Å². The molecule has 0 saturated heterocycles. The second-order valence-corrected chi connectivity index (χ2v) is 8.71. The second kappa shape index (κ2) is 12.7. The molecule has 0 heteroatoms. The molecule has 0 fully saturated rings. The molecular weight excluding hydrogens is 312 g/mol. The van der Waals surface area contributed by atoms with Crippen molar-refractivity contribution in [3.63, 3.8) is 0 Å². The molecule has 0 aromatic heterocycles. The van der Waals surface area contributed by atoms with Crippen molar-refractivity contribution in [1.29, 1.82) is 0 Å². The third-order valence-electron chi connectivity index (χ3n) is 4.02. The normalized spacial score (nSPS) is 13.5. The summed E-state index contributed by atoms with van der Waals surface area (Å²) in [5, 5.41) is 0. The van der Waals surface area contributed by atoms with Crippen LogP contribution in [0.15, 0.2) is 48.5 Å². The minimum absolute atomic E-state index is 0.833. The zero-order chi connectivity index (χ0) is 19.4. The van der Waals surface area contributed by atoms with Gasteiger partial charge >= 0.3 is 0 Å². The first kappa shape index (κ1) is 22.5. The van der Waals surface area contributed by atoms with E-state index >= 15 is 0 Å². The molecule has 0 radical (unpaired) electrons. The zero-order valence-electron chi connectivity index (χ0n) is 18.0. The van der Waals surface area contributed by atoms with E-state index in [1.54, 1.807) is 22.3 Å². The molecule has 0 saturated carbocycles. The summed E-state index contributed by atoms with van der Waals surface area (Å²) in [5.41, 5.74) is 6.27. The Kier molecular flexibility index (Phi) is 11.0. The van der Waals surface area contributed by atoms with Crippen LogP contribution in [0.25, 0.3) is 0 Å². The van der Waals surface area contributed by atoms with Gasteiger partial charge in [0.1, 0.15) is 0 Å². The lowest BCUT2D eigenvalue weighted by atomic mass is 10.1. The SMILES string of the molecule is CC(C)C.CC(C)C.c1ccc2c(c1)CCC2.c1ccc2c(c1)CCC2. The largest absolute Gasteiger partial charge is 0.0630 e. The lowest BCUT2D eigenvalue weighted by molar-refractivity contribution is 0.736. The summed E-state index contributed by atoms with van der Waals surface area (Å²) in [5.74, 6) is 1.67. The molecule has 0 amide bonds. The van der Waals surface area contributed by atoms with Gasteiger partial charge < -0.3 is 0 Å². The Hall–Kier alpha value is -1.56. The molecule has 26 heavy (non-hydrogen) atoms. The van der Waals surface area contributed by atoms with Crippen molar-refractivity contribution < 1.29 is 0 Å². The van der Waals surface area contributed by atoms with Crippen molar-refractivity contribution in [3.05, 3.63) is 70.8 Å². The maximum atomic E-state index is 2.24. The quantitative estimate of drug-likeness (QED) is 0.456. The van der Waals surface area contributed by atoms with Gasteiger partial charge in [0.2, 0.25) is 0 Å². The summed E-state index contributed by atoms with van der Waals surface area (Å²) >= 11 is 0. The first-order valence-corrected chi connectivity index (χ1v) is 10.5. The number of rotatable bonds is 0. The Labute approximate surface area is 163 Å². The molecule has 4 rings (SSSR count). The third-order valence-corrected chi connectivity index (χ3v) is 4.02. The summed E-state index contributed by atoms with van der Waals surface area (Å²) in [6.07, 6.45) is 7.93. The summed E-state index contributed by atoms with van der Waals surface area (Å²) in [4.78, 5) is 0. The molecule has 0 heterocycles. The predicted octanol–water partition coefficient (Wildman–Crippen LogP) is 7.68. The Bertz CT molecular complexity index is 500. The third kappa shape index (κ3) is 9.80. The fraction of sp³-hybridized carbons (Fsp3) is 0.538. The van der Waals surface area contributed by atoms with E-state index in [1.807, 2.05) is 0 Å². The first-order valence-electron chi connectivity index (χ1n) is 10.5. The van der Waals surface area contributed by atoms with E-state index in [1.165, 1.54) is 38.5 Å². The van der Waals surface area contributed by atoms with Crippen LogP contribution in [-0.2, 0) is 25.7 Å². The van der Waals surface area contributed by atoms with Crippen molar-refractivity contribution in [2.45, 2.75) is 80.1 Å². The van der Waals surface area contributed by atoms with Crippen molar-refractivity contribution in [1.82, 2.24) is 0 Å². The van der Waals surface area contributed by atoms with Crippen LogP contribution in [0, 0.1) is 11.8 Å². The molecule has 144 valence electrons. The molecular formula is C26H40. The van der Waals surface area contributed by atoms with Crippen LogP contribution in [0.4, 0.5) is 0 Å². The van der Waals surface area contributed by atoms with Gasteiger partial charge in [0.15, 0.2) is 0 Å². The van der Waals surface area contributed by atoms with E-state index in [2.05, 4.69) is 90.1 Å². The van der Waals surface area contributed by atoms with Gasteiger partial charge in [-0.15, -0.1) is 0 Å². The minimum atomic E-state index is 0.833. The van der Waals surface area contributed by atoms with E-state index < -0.39 is 0 Å². The zero-order valence-corrected chi connectivity index (χ0v) is 18.0. The summed E-state index contributed by atoms with van der Waals surface area (Å²) in [7, 11) is 0. The van der Waals surface area contributed by atoms with E-state index in [-0.39, 0.29) is 0 Å². The maximum absolute atomic E-state index is 2.24. The van der Waals surface area contributed by atoms with Gasteiger partial charge in [0, 0.05) is 0 Å². The van der Waals surface area contributed by atoms with Gasteiger partial charge in [-0.1, -0.05) is 90.1 Å². The molecule has 0 spiro atoms. The highest BCUT2D eigenvalue weighted by molar-refractivity contribution is 5.31. The van der Waals surface area contributed by atoms with Gasteiger partial charge in [-0.2, -0.15) is 0 Å². The van der Waals surface area contributed by atoms with Gasteiger partial charge in [-0.25, -0.2) is 0 Å². The summed E-state index contributed by atoms with van der Waals surface area (Å²) in [6.45, 7) is 13.0. The molecule has 2 aliphatic rings. The maximum Gasteiger partial charge on any atom is -0.0273 e. The number of fused-ring (bicyclic) bond motifs is 2. The van der Waals surface area contributed by atoms with Gasteiger partial charge in [0.05, 0.1) is 0 Å². The molecule has 2 aliphatic carbocycles. The summed E-state index contributed by atoms with van der Waals surface area (Å²) in [6, 6.07) is 17.5. The Morgan fingerprint density at radius 3 is 0.846 bits per heavy atom. The van der Waals surface area contributed by atoms with Crippen molar-refractivity contribution in [2.75, 3.05) is 0 Å². The average molecular weight is 353 g/mol. The second-order valence-electron chi connectivity index (χ2n) is 8.71. The van der Waals surface area contributed by atoms with E-state index in [9.17, 15) is 0 Å². The monoisotopic (exact) mass is 352 g/mol. The van der Waals surface area contributed by atoms with Gasteiger partial charge in [0.25, 0.3) is 0 Å². The molecule has 2 aromatic rings. The fourth-order valence-corrected chi connectivity index (χ4v) is 3.03. The number of hydrogen-bond donors (Lipinski definition) is 0. The lowest BCUT2D eigenvalue weighted by Crippen LogP contribution is -1.77. The first-order chi connectivity index (χ1) is 12.4. The lowest BCUT2D eigenvalue weighted by Gasteiger charge is -1.93. The highest BCUT2D eigenvalue weighted by Gasteiger charge is 2.08. The summed E-state index contributed by atoms with van der Waals surface area (Å²) < 4.78 is 0. The molecule has 0 bridgehead atoms. The van der Waals surface area contributed by atoms with Crippen LogP contribution >= 0.6 is 0 Å². The molecule has 0 nitrogen and oxygen atoms in total. The van der Waals surface area contributed by atoms with Crippen molar-refractivity contribution in [2.24, 2.45) is 11.8 Å². The van der Waals surface area contributed by atoms with E-state index in [4.69, 9.17) is 0 Å². The van der Waals surface area contributed by atoms with Crippen molar-refractivity contribution >= 4 is 0 Å². The molecule has 2 aromatic carbocycles. The number of aryl methyl sites for hydroxylation is 4. The van der Waals surface area contributed by atoms with E-state index in [0.29, 0.717) is 0 Å². The fourth-order valence-electron chi connectivity index (χ4n) is 3.03.